The highest BCUT2D eigenvalue weighted by Crippen LogP contribution is 2.31. The maximum atomic E-state index is 12.7. The Morgan fingerprint density at radius 2 is 1.89 bits per heavy atom. The Kier molecular flexibility index (Phi) is 6.03. The third kappa shape index (κ3) is 5.43. The molecular weight excluding hydrogens is 379 g/mol. The van der Waals surface area contributed by atoms with Crippen molar-refractivity contribution in [1.29, 1.82) is 0 Å². The zero-order valence-electron chi connectivity index (χ0n) is 13.7. The molecule has 11 heteroatoms. The smallest absolute Gasteiger partial charge is 0.417 e. The second kappa shape index (κ2) is 8.06. The van der Waals surface area contributed by atoms with Crippen LogP contribution in [0.4, 0.5) is 27.6 Å². The van der Waals surface area contributed by atoms with Crippen LogP contribution in [-0.2, 0) is 17.5 Å². The summed E-state index contributed by atoms with van der Waals surface area (Å²) in [4.78, 5) is 23.7. The lowest BCUT2D eigenvalue weighted by Crippen LogP contribution is -2.28. The van der Waals surface area contributed by atoms with Gasteiger partial charge in [-0.05, 0) is 18.2 Å². The summed E-state index contributed by atoms with van der Waals surface area (Å²) >= 11 is 0. The maximum Gasteiger partial charge on any atom is 0.417 e. The van der Waals surface area contributed by atoms with E-state index in [1.54, 1.807) is 0 Å². The van der Waals surface area contributed by atoms with E-state index >= 15 is 0 Å². The molecule has 1 amide bonds. The molecule has 2 rings (SSSR count). The van der Waals surface area contributed by atoms with Gasteiger partial charge in [0.05, 0.1) is 12.7 Å². The van der Waals surface area contributed by atoms with E-state index < -0.39 is 36.4 Å². The SMILES string of the molecule is COc1ccc(NC(=O)Cn2cc(C(F)(F)F)ccc2=O)cc1OC(F)F. The van der Waals surface area contributed by atoms with E-state index in [2.05, 4.69) is 10.1 Å². The van der Waals surface area contributed by atoms with Gasteiger partial charge in [0.2, 0.25) is 5.91 Å². The number of alkyl halides is 5. The van der Waals surface area contributed by atoms with Gasteiger partial charge in [-0.15, -0.1) is 0 Å². The quantitative estimate of drug-likeness (QED) is 0.767. The van der Waals surface area contributed by atoms with Crippen LogP contribution in [0.15, 0.2) is 41.3 Å². The molecule has 0 fully saturated rings. The van der Waals surface area contributed by atoms with Crippen molar-refractivity contribution in [2.45, 2.75) is 19.3 Å². The van der Waals surface area contributed by atoms with Gasteiger partial charge in [-0.1, -0.05) is 0 Å². The summed E-state index contributed by atoms with van der Waals surface area (Å²) in [5, 5.41) is 2.28. The van der Waals surface area contributed by atoms with Crippen molar-refractivity contribution in [2.75, 3.05) is 12.4 Å². The lowest BCUT2D eigenvalue weighted by atomic mass is 10.2. The zero-order chi connectivity index (χ0) is 20.2. The molecule has 0 saturated heterocycles. The van der Waals surface area contributed by atoms with E-state index in [4.69, 9.17) is 4.74 Å². The number of benzene rings is 1. The largest absolute Gasteiger partial charge is 0.493 e. The number of nitrogens with zero attached hydrogens (tertiary/aromatic N) is 1. The van der Waals surface area contributed by atoms with E-state index in [0.717, 1.165) is 6.07 Å². The fourth-order valence-corrected chi connectivity index (χ4v) is 2.12. The van der Waals surface area contributed by atoms with Crippen LogP contribution in [0.2, 0.25) is 0 Å². The van der Waals surface area contributed by atoms with Crippen LogP contribution in [0, 0.1) is 0 Å². The van der Waals surface area contributed by atoms with Crippen LogP contribution in [0.25, 0.3) is 0 Å². The fraction of sp³-hybridized carbons (Fsp3) is 0.250. The molecule has 0 bridgehead atoms. The van der Waals surface area contributed by atoms with Crippen molar-refractivity contribution in [3.8, 4) is 11.5 Å². The van der Waals surface area contributed by atoms with E-state index in [1.807, 2.05) is 0 Å². The number of hydrogen-bond donors (Lipinski definition) is 1. The van der Waals surface area contributed by atoms with Gasteiger partial charge in [0.1, 0.15) is 6.54 Å². The van der Waals surface area contributed by atoms with Crippen LogP contribution >= 0.6 is 0 Å². The first kappa shape index (κ1) is 20.2. The number of nitrogens with one attached hydrogen (secondary N) is 1. The summed E-state index contributed by atoms with van der Waals surface area (Å²) in [6.45, 7) is -3.84. The van der Waals surface area contributed by atoms with Crippen molar-refractivity contribution in [3.05, 3.63) is 52.4 Å². The number of carbonyl (C=O) groups excluding carboxylic acids is 1. The highest BCUT2D eigenvalue weighted by atomic mass is 19.4. The average molecular weight is 392 g/mol. The van der Waals surface area contributed by atoms with Crippen molar-refractivity contribution < 1.29 is 36.2 Å². The predicted molar refractivity (Wildman–Crippen MR) is 84.0 cm³/mol. The molecule has 0 aliphatic rings. The monoisotopic (exact) mass is 392 g/mol. The molecule has 0 aliphatic heterocycles. The van der Waals surface area contributed by atoms with E-state index in [-0.39, 0.29) is 17.2 Å². The summed E-state index contributed by atoms with van der Waals surface area (Å²) in [5.41, 5.74) is -1.88. The lowest BCUT2D eigenvalue weighted by molar-refractivity contribution is -0.138. The topological polar surface area (TPSA) is 69.6 Å². The minimum Gasteiger partial charge on any atom is -0.493 e. The number of ether oxygens (including phenoxy) is 2. The van der Waals surface area contributed by atoms with Crippen LogP contribution in [0.3, 0.4) is 0 Å². The van der Waals surface area contributed by atoms with Crippen LogP contribution < -0.4 is 20.3 Å². The second-order valence-corrected chi connectivity index (χ2v) is 5.17. The molecule has 0 saturated carbocycles. The van der Waals surface area contributed by atoms with Gasteiger partial charge in [-0.3, -0.25) is 9.59 Å². The average Bonchev–Trinajstić information content (AvgIpc) is 2.55. The molecule has 0 unspecified atom stereocenters. The zero-order valence-corrected chi connectivity index (χ0v) is 13.7. The first-order valence-corrected chi connectivity index (χ1v) is 7.30. The first-order chi connectivity index (χ1) is 12.6. The van der Waals surface area contributed by atoms with Crippen molar-refractivity contribution in [3.63, 3.8) is 0 Å². The third-order valence-electron chi connectivity index (χ3n) is 3.29. The van der Waals surface area contributed by atoms with Crippen LogP contribution in [0.1, 0.15) is 5.56 Å². The highest BCUT2D eigenvalue weighted by molar-refractivity contribution is 5.90. The number of rotatable bonds is 6. The van der Waals surface area contributed by atoms with Gasteiger partial charge < -0.3 is 19.4 Å². The molecular formula is C16H13F5N2O4. The molecule has 1 N–H and O–H groups in total. The lowest BCUT2D eigenvalue weighted by Gasteiger charge is -2.13. The number of hydrogen-bond acceptors (Lipinski definition) is 4. The molecule has 0 spiro atoms. The Morgan fingerprint density at radius 3 is 2.48 bits per heavy atom. The highest BCUT2D eigenvalue weighted by Gasteiger charge is 2.31. The van der Waals surface area contributed by atoms with Crippen molar-refractivity contribution in [1.82, 2.24) is 4.57 Å². The number of aromatic nitrogens is 1. The second-order valence-electron chi connectivity index (χ2n) is 5.17. The number of methoxy groups -OCH3 is 1. The number of halogens is 5. The summed E-state index contributed by atoms with van der Waals surface area (Å²) < 4.78 is 72.6. The molecule has 0 aliphatic carbocycles. The standard InChI is InChI=1S/C16H13F5N2O4/c1-26-11-4-3-10(6-12(11)27-15(17)18)22-13(24)8-23-7-9(16(19,20)21)2-5-14(23)25/h2-7,15H,8H2,1H3,(H,22,24). The molecule has 27 heavy (non-hydrogen) atoms. The first-order valence-electron chi connectivity index (χ1n) is 7.30. The molecule has 0 radical (unpaired) electrons. The van der Waals surface area contributed by atoms with Crippen LogP contribution in [0.5, 0.6) is 11.5 Å². The summed E-state index contributed by atoms with van der Waals surface area (Å²) in [6, 6.07) is 4.91. The molecule has 1 aromatic heterocycles. The Bertz CT molecular complexity index is 880. The van der Waals surface area contributed by atoms with Gasteiger partial charge in [-0.2, -0.15) is 22.0 Å². The Morgan fingerprint density at radius 1 is 1.19 bits per heavy atom. The Hall–Kier alpha value is -3.11. The molecule has 0 atom stereocenters. The molecule has 1 heterocycles. The Balaban J connectivity index is 2.18. The molecule has 6 nitrogen and oxygen atoms in total. The van der Waals surface area contributed by atoms with Gasteiger partial charge in [-0.25, -0.2) is 0 Å². The van der Waals surface area contributed by atoms with Gasteiger partial charge >= 0.3 is 12.8 Å². The van der Waals surface area contributed by atoms with Gasteiger partial charge in [0.15, 0.2) is 11.5 Å². The minimum absolute atomic E-state index is 0.0117. The summed E-state index contributed by atoms with van der Waals surface area (Å²) in [7, 11) is 1.23. The fourth-order valence-electron chi connectivity index (χ4n) is 2.12. The molecule has 146 valence electrons. The van der Waals surface area contributed by atoms with Crippen molar-refractivity contribution >= 4 is 11.6 Å². The molecule has 2 aromatic rings. The Labute approximate surface area is 149 Å². The number of anilines is 1. The van der Waals surface area contributed by atoms with E-state index in [0.29, 0.717) is 22.9 Å². The van der Waals surface area contributed by atoms with Gasteiger partial charge in [0, 0.05) is 24.0 Å². The minimum atomic E-state index is -4.68. The maximum absolute atomic E-state index is 12.7. The number of carbonyl (C=O) groups is 1. The number of amides is 1. The summed E-state index contributed by atoms with van der Waals surface area (Å²) in [6.07, 6.45) is -4.16. The summed E-state index contributed by atoms with van der Waals surface area (Å²) in [5.74, 6) is -1.20. The van der Waals surface area contributed by atoms with Gasteiger partial charge in [0.25, 0.3) is 5.56 Å². The number of pyridine rings is 1. The normalized spacial score (nSPS) is 11.4. The van der Waals surface area contributed by atoms with E-state index in [1.165, 1.54) is 19.2 Å². The van der Waals surface area contributed by atoms with Crippen molar-refractivity contribution in [2.24, 2.45) is 0 Å². The predicted octanol–water partition coefficient (Wildman–Crippen LogP) is 3.12. The third-order valence-corrected chi connectivity index (χ3v) is 3.29. The van der Waals surface area contributed by atoms with Crippen LogP contribution in [-0.4, -0.2) is 24.2 Å². The van der Waals surface area contributed by atoms with E-state index in [9.17, 15) is 31.5 Å². The molecule has 1 aromatic carbocycles.